The molecule has 0 spiro atoms. The molecule has 0 radical (unpaired) electrons. The fourth-order valence-electron chi connectivity index (χ4n) is 5.31. The summed E-state index contributed by atoms with van der Waals surface area (Å²) in [6.07, 6.45) is 4.53. The van der Waals surface area contributed by atoms with Crippen molar-refractivity contribution in [3.8, 4) is 0 Å². The molecule has 4 unspecified atom stereocenters. The predicted molar refractivity (Wildman–Crippen MR) is 94.0 cm³/mol. The molecule has 2 aliphatic carbocycles. The van der Waals surface area contributed by atoms with Crippen LogP contribution in [0.5, 0.6) is 0 Å². The molecule has 1 saturated carbocycles. The molecule has 1 aromatic rings. The number of benzene rings is 1. The van der Waals surface area contributed by atoms with E-state index in [9.17, 15) is 0 Å². The molecular formula is C20H30N2. The van der Waals surface area contributed by atoms with Crippen molar-refractivity contribution in [1.29, 1.82) is 0 Å². The molecule has 3 rings (SSSR count). The van der Waals surface area contributed by atoms with Gasteiger partial charge in [0.25, 0.3) is 0 Å². The van der Waals surface area contributed by atoms with Crippen LogP contribution in [0.15, 0.2) is 18.2 Å². The highest BCUT2D eigenvalue weighted by Gasteiger charge is 2.48. The van der Waals surface area contributed by atoms with Crippen molar-refractivity contribution in [2.45, 2.75) is 70.9 Å². The first-order chi connectivity index (χ1) is 10.3. The van der Waals surface area contributed by atoms with Crippen molar-refractivity contribution >= 4 is 0 Å². The summed E-state index contributed by atoms with van der Waals surface area (Å²) in [5.41, 5.74) is 21.2. The minimum atomic E-state index is 0.0800. The SMILES string of the molecule is C=C1Cc2cc(C(C)N)c(C)c(C)c2C2(C)CCCC(N)C12. The molecule has 1 fully saturated rings. The Bertz CT molecular complexity index is 629. The van der Waals surface area contributed by atoms with Gasteiger partial charge in [0.2, 0.25) is 0 Å². The van der Waals surface area contributed by atoms with E-state index in [2.05, 4.69) is 40.3 Å². The van der Waals surface area contributed by atoms with Gasteiger partial charge < -0.3 is 11.5 Å². The maximum atomic E-state index is 6.51. The normalized spacial score (nSPS) is 32.4. The third-order valence-corrected chi connectivity index (χ3v) is 6.29. The third-order valence-electron chi connectivity index (χ3n) is 6.29. The van der Waals surface area contributed by atoms with E-state index in [0.29, 0.717) is 5.92 Å². The van der Waals surface area contributed by atoms with Crippen molar-refractivity contribution in [2.75, 3.05) is 0 Å². The zero-order chi connectivity index (χ0) is 16.2. The molecule has 120 valence electrons. The van der Waals surface area contributed by atoms with Crippen molar-refractivity contribution in [1.82, 2.24) is 0 Å². The lowest BCUT2D eigenvalue weighted by Gasteiger charge is -2.51. The number of hydrogen-bond acceptors (Lipinski definition) is 2. The second-order valence-electron chi connectivity index (χ2n) is 7.82. The zero-order valence-corrected chi connectivity index (χ0v) is 14.5. The van der Waals surface area contributed by atoms with Gasteiger partial charge in [-0.1, -0.05) is 31.6 Å². The van der Waals surface area contributed by atoms with Crippen LogP contribution in [0.25, 0.3) is 0 Å². The average molecular weight is 298 g/mol. The van der Waals surface area contributed by atoms with E-state index in [1.807, 2.05) is 0 Å². The molecular weight excluding hydrogens is 268 g/mol. The Morgan fingerprint density at radius 2 is 2.00 bits per heavy atom. The topological polar surface area (TPSA) is 52.0 Å². The summed E-state index contributed by atoms with van der Waals surface area (Å²) in [6, 6.07) is 2.68. The van der Waals surface area contributed by atoms with Gasteiger partial charge in [0.15, 0.2) is 0 Å². The van der Waals surface area contributed by atoms with Gasteiger partial charge in [-0.25, -0.2) is 0 Å². The molecule has 0 aromatic heterocycles. The third kappa shape index (κ3) is 2.08. The Hall–Kier alpha value is -1.12. The van der Waals surface area contributed by atoms with Crippen molar-refractivity contribution in [2.24, 2.45) is 17.4 Å². The highest BCUT2D eigenvalue weighted by molar-refractivity contribution is 5.54. The number of hydrogen-bond donors (Lipinski definition) is 2. The summed E-state index contributed by atoms with van der Waals surface area (Å²) in [5, 5.41) is 0. The molecule has 2 nitrogen and oxygen atoms in total. The van der Waals surface area contributed by atoms with Crippen LogP contribution in [0.1, 0.15) is 67.0 Å². The van der Waals surface area contributed by atoms with Crippen LogP contribution >= 0.6 is 0 Å². The van der Waals surface area contributed by atoms with E-state index >= 15 is 0 Å². The van der Waals surface area contributed by atoms with Gasteiger partial charge in [-0.2, -0.15) is 0 Å². The molecule has 2 aliphatic rings. The highest BCUT2D eigenvalue weighted by atomic mass is 14.7. The molecule has 0 saturated heterocycles. The molecule has 0 bridgehead atoms. The van der Waals surface area contributed by atoms with Crippen LogP contribution in [0.2, 0.25) is 0 Å². The lowest BCUT2D eigenvalue weighted by molar-refractivity contribution is 0.193. The summed E-state index contributed by atoms with van der Waals surface area (Å²) in [5.74, 6) is 0.424. The summed E-state index contributed by atoms with van der Waals surface area (Å²) < 4.78 is 0. The van der Waals surface area contributed by atoms with E-state index in [-0.39, 0.29) is 17.5 Å². The molecule has 0 heterocycles. The standard InChI is InChI=1S/C20H30N2/c1-11-9-15-10-16(14(4)21)12(2)13(3)19(15)20(5)8-6-7-17(22)18(11)20/h10,14,17-18H,1,6-9,21-22H2,2-5H3. The first kappa shape index (κ1) is 15.8. The molecule has 4 atom stereocenters. The minimum absolute atomic E-state index is 0.0800. The lowest BCUT2D eigenvalue weighted by atomic mass is 9.54. The smallest absolute Gasteiger partial charge is 0.0268 e. The Balaban J connectivity index is 2.25. The molecule has 2 heteroatoms. The van der Waals surface area contributed by atoms with Gasteiger partial charge in [-0.15, -0.1) is 0 Å². The van der Waals surface area contributed by atoms with Crippen molar-refractivity contribution in [3.05, 3.63) is 46.0 Å². The minimum Gasteiger partial charge on any atom is -0.327 e. The fraction of sp³-hybridized carbons (Fsp3) is 0.600. The van der Waals surface area contributed by atoms with E-state index in [1.165, 1.54) is 40.7 Å². The molecule has 0 amide bonds. The fourth-order valence-corrected chi connectivity index (χ4v) is 5.31. The first-order valence-corrected chi connectivity index (χ1v) is 8.59. The van der Waals surface area contributed by atoms with Crippen LogP contribution in [0, 0.1) is 19.8 Å². The lowest BCUT2D eigenvalue weighted by Crippen LogP contribution is -2.51. The number of nitrogens with two attached hydrogens (primary N) is 2. The van der Waals surface area contributed by atoms with E-state index in [4.69, 9.17) is 11.5 Å². The molecule has 0 aliphatic heterocycles. The maximum Gasteiger partial charge on any atom is 0.0268 e. The summed E-state index contributed by atoms with van der Waals surface area (Å²) in [6.45, 7) is 13.4. The van der Waals surface area contributed by atoms with Crippen LogP contribution in [0.3, 0.4) is 0 Å². The summed E-state index contributed by atoms with van der Waals surface area (Å²) in [7, 11) is 0. The molecule has 4 N–H and O–H groups in total. The predicted octanol–water partition coefficient (Wildman–Crippen LogP) is 3.82. The Morgan fingerprint density at radius 3 is 2.64 bits per heavy atom. The molecule has 1 aromatic carbocycles. The second kappa shape index (κ2) is 5.21. The second-order valence-corrected chi connectivity index (χ2v) is 7.82. The van der Waals surface area contributed by atoms with Crippen molar-refractivity contribution in [3.63, 3.8) is 0 Å². The van der Waals surface area contributed by atoms with Crippen LogP contribution < -0.4 is 11.5 Å². The molecule has 22 heavy (non-hydrogen) atoms. The number of fused-ring (bicyclic) bond motifs is 3. The van der Waals surface area contributed by atoms with Gasteiger partial charge in [-0.05, 0) is 67.9 Å². The summed E-state index contributed by atoms with van der Waals surface area (Å²) in [4.78, 5) is 0. The van der Waals surface area contributed by atoms with E-state index in [0.717, 1.165) is 12.8 Å². The number of rotatable bonds is 1. The van der Waals surface area contributed by atoms with Gasteiger partial charge in [0.1, 0.15) is 0 Å². The van der Waals surface area contributed by atoms with Gasteiger partial charge >= 0.3 is 0 Å². The Morgan fingerprint density at radius 1 is 1.32 bits per heavy atom. The van der Waals surface area contributed by atoms with E-state index in [1.54, 1.807) is 5.56 Å². The first-order valence-electron chi connectivity index (χ1n) is 8.59. The zero-order valence-electron chi connectivity index (χ0n) is 14.5. The van der Waals surface area contributed by atoms with Gasteiger partial charge in [0, 0.05) is 23.4 Å². The Labute approximate surface area is 135 Å². The summed E-state index contributed by atoms with van der Waals surface area (Å²) >= 11 is 0. The van der Waals surface area contributed by atoms with Gasteiger partial charge in [0.05, 0.1) is 0 Å². The Kier molecular flexibility index (Phi) is 3.73. The van der Waals surface area contributed by atoms with E-state index < -0.39 is 0 Å². The van der Waals surface area contributed by atoms with Gasteiger partial charge in [-0.3, -0.25) is 0 Å². The monoisotopic (exact) mass is 298 g/mol. The largest absolute Gasteiger partial charge is 0.327 e. The average Bonchev–Trinajstić information content (AvgIpc) is 2.41. The van der Waals surface area contributed by atoms with Crippen LogP contribution in [0.4, 0.5) is 0 Å². The van der Waals surface area contributed by atoms with Crippen molar-refractivity contribution < 1.29 is 0 Å². The maximum absolute atomic E-state index is 6.51. The van der Waals surface area contributed by atoms with Crippen LogP contribution in [-0.4, -0.2) is 6.04 Å². The highest BCUT2D eigenvalue weighted by Crippen LogP contribution is 2.53. The van der Waals surface area contributed by atoms with Crippen LogP contribution in [-0.2, 0) is 11.8 Å². The quantitative estimate of drug-likeness (QED) is 0.774.